The summed E-state index contributed by atoms with van der Waals surface area (Å²) in [5, 5.41) is 13.7. The van der Waals surface area contributed by atoms with Crippen LogP contribution in [0.15, 0.2) is 69.6 Å². The summed E-state index contributed by atoms with van der Waals surface area (Å²) < 4.78 is 3.50. The molecule has 0 saturated heterocycles. The van der Waals surface area contributed by atoms with Gasteiger partial charge in [-0.1, -0.05) is 24.3 Å². The Kier molecular flexibility index (Phi) is 3.58. The molecule has 0 aliphatic carbocycles. The van der Waals surface area contributed by atoms with E-state index in [0.717, 1.165) is 33.7 Å². The van der Waals surface area contributed by atoms with E-state index in [-0.39, 0.29) is 11.9 Å². The highest BCUT2D eigenvalue weighted by atomic mass is 79.9. The van der Waals surface area contributed by atoms with Gasteiger partial charge in [-0.15, -0.1) is 0 Å². The van der Waals surface area contributed by atoms with Gasteiger partial charge in [-0.2, -0.15) is 0 Å². The minimum Gasteiger partial charge on any atom is -0.506 e. The van der Waals surface area contributed by atoms with Crippen LogP contribution in [0.1, 0.15) is 11.7 Å². The summed E-state index contributed by atoms with van der Waals surface area (Å²) in [5.41, 5.74) is 5.16. The third kappa shape index (κ3) is 2.29. The van der Waals surface area contributed by atoms with Crippen molar-refractivity contribution in [3.63, 3.8) is 0 Å². The molecule has 0 saturated carbocycles. The van der Waals surface area contributed by atoms with E-state index in [4.69, 9.17) is 4.98 Å². The number of phenolic OH excluding ortho intramolecular Hbond substituents is 1. The molecule has 1 aliphatic rings. The maximum absolute atomic E-state index is 10.1. The molecule has 2 heterocycles. The van der Waals surface area contributed by atoms with Gasteiger partial charge in [-0.3, -0.25) is 4.57 Å². The van der Waals surface area contributed by atoms with Gasteiger partial charge in [0.05, 0.1) is 20.0 Å². The summed E-state index contributed by atoms with van der Waals surface area (Å²) in [7, 11) is 0. The van der Waals surface area contributed by atoms with E-state index in [1.165, 1.54) is 0 Å². The van der Waals surface area contributed by atoms with Crippen molar-refractivity contribution in [2.75, 3.05) is 5.32 Å². The lowest BCUT2D eigenvalue weighted by molar-refractivity contribution is 0.467. The Balaban J connectivity index is 1.82. The van der Waals surface area contributed by atoms with E-state index in [1.807, 2.05) is 42.5 Å². The van der Waals surface area contributed by atoms with Crippen LogP contribution in [0.4, 0.5) is 5.69 Å². The van der Waals surface area contributed by atoms with E-state index in [2.05, 4.69) is 59.9 Å². The van der Waals surface area contributed by atoms with Gasteiger partial charge in [0.15, 0.2) is 0 Å². The summed E-state index contributed by atoms with van der Waals surface area (Å²) in [6.45, 7) is 0. The van der Waals surface area contributed by atoms with Crippen molar-refractivity contribution in [1.29, 1.82) is 0 Å². The Morgan fingerprint density at radius 3 is 2.46 bits per heavy atom. The van der Waals surface area contributed by atoms with Crippen molar-refractivity contribution in [2.45, 2.75) is 6.17 Å². The highest BCUT2D eigenvalue weighted by molar-refractivity contribution is 9.11. The zero-order valence-corrected chi connectivity index (χ0v) is 16.6. The van der Waals surface area contributed by atoms with Gasteiger partial charge < -0.3 is 10.4 Å². The van der Waals surface area contributed by atoms with Crippen LogP contribution >= 0.6 is 31.9 Å². The number of anilines is 1. The monoisotopic (exact) mass is 469 g/mol. The zero-order chi connectivity index (χ0) is 17.8. The number of fused-ring (bicyclic) bond motifs is 5. The van der Waals surface area contributed by atoms with Crippen molar-refractivity contribution in [1.82, 2.24) is 9.55 Å². The van der Waals surface area contributed by atoms with Gasteiger partial charge in [0, 0.05) is 11.3 Å². The lowest BCUT2D eigenvalue weighted by Gasteiger charge is -2.30. The average Bonchev–Trinajstić information content (AvgIpc) is 3.05. The number of halogens is 2. The Morgan fingerprint density at radius 1 is 0.962 bits per heavy atom. The second-order valence-electron chi connectivity index (χ2n) is 6.22. The fraction of sp³-hybridized carbons (Fsp3) is 0.0500. The van der Waals surface area contributed by atoms with E-state index >= 15 is 0 Å². The molecule has 5 rings (SSSR count). The number of aromatic hydroxyl groups is 1. The van der Waals surface area contributed by atoms with Crippen LogP contribution in [0.5, 0.6) is 5.75 Å². The first-order valence-corrected chi connectivity index (χ1v) is 9.73. The van der Waals surface area contributed by atoms with E-state index in [1.54, 1.807) is 0 Å². The zero-order valence-electron chi connectivity index (χ0n) is 13.4. The molecule has 2 N–H and O–H groups in total. The van der Waals surface area contributed by atoms with Crippen LogP contribution in [0.3, 0.4) is 0 Å². The van der Waals surface area contributed by atoms with Gasteiger partial charge in [-0.05, 0) is 73.8 Å². The molecular formula is C20H13Br2N3O. The molecule has 1 aromatic heterocycles. The summed E-state index contributed by atoms with van der Waals surface area (Å²) in [6.07, 6.45) is -0.138. The minimum absolute atomic E-state index is 0.138. The van der Waals surface area contributed by atoms with Crippen LogP contribution in [0.25, 0.3) is 22.4 Å². The first kappa shape index (κ1) is 15.9. The molecule has 26 heavy (non-hydrogen) atoms. The quantitative estimate of drug-likeness (QED) is 0.363. The molecule has 0 spiro atoms. The Morgan fingerprint density at radius 2 is 1.65 bits per heavy atom. The van der Waals surface area contributed by atoms with Gasteiger partial charge in [0.2, 0.25) is 0 Å². The number of aromatic nitrogens is 2. The van der Waals surface area contributed by atoms with Gasteiger partial charge in [-0.25, -0.2) is 4.98 Å². The van der Waals surface area contributed by atoms with Gasteiger partial charge in [0.1, 0.15) is 17.7 Å². The number of hydrogen-bond donors (Lipinski definition) is 2. The summed E-state index contributed by atoms with van der Waals surface area (Å²) in [5.74, 6) is 1.13. The second kappa shape index (κ2) is 5.86. The van der Waals surface area contributed by atoms with Crippen LogP contribution in [0.2, 0.25) is 0 Å². The number of imidazole rings is 1. The second-order valence-corrected chi connectivity index (χ2v) is 7.93. The lowest BCUT2D eigenvalue weighted by Crippen LogP contribution is -2.24. The van der Waals surface area contributed by atoms with Crippen LogP contribution in [-0.2, 0) is 0 Å². The van der Waals surface area contributed by atoms with Crippen molar-refractivity contribution in [2.24, 2.45) is 0 Å². The third-order valence-electron chi connectivity index (χ3n) is 4.67. The predicted molar refractivity (Wildman–Crippen MR) is 110 cm³/mol. The largest absolute Gasteiger partial charge is 0.506 e. The SMILES string of the molecule is Oc1c(Br)cc(C2Nc3ccccc3-c3nc4ccccc4n32)cc1Br. The molecule has 3 aromatic carbocycles. The Labute approximate surface area is 166 Å². The number of para-hydroxylation sites is 3. The van der Waals surface area contributed by atoms with Crippen molar-refractivity contribution in [3.8, 4) is 17.1 Å². The molecule has 0 amide bonds. The number of hydrogen-bond acceptors (Lipinski definition) is 3. The summed E-state index contributed by atoms with van der Waals surface area (Å²) in [6, 6.07) is 20.2. The average molecular weight is 471 g/mol. The maximum atomic E-state index is 10.1. The highest BCUT2D eigenvalue weighted by Gasteiger charge is 2.28. The first-order chi connectivity index (χ1) is 12.6. The van der Waals surface area contributed by atoms with Crippen LogP contribution in [-0.4, -0.2) is 14.7 Å². The van der Waals surface area contributed by atoms with Gasteiger partial charge >= 0.3 is 0 Å². The molecule has 0 radical (unpaired) electrons. The van der Waals surface area contributed by atoms with Crippen molar-refractivity contribution in [3.05, 3.63) is 75.2 Å². The third-order valence-corrected chi connectivity index (χ3v) is 5.88. The summed E-state index contributed by atoms with van der Waals surface area (Å²) in [4.78, 5) is 4.88. The Bertz CT molecular complexity index is 1150. The number of phenols is 1. The number of nitrogens with zero attached hydrogens (tertiary/aromatic N) is 2. The number of nitrogens with one attached hydrogen (secondary N) is 1. The summed E-state index contributed by atoms with van der Waals surface area (Å²) >= 11 is 6.89. The molecule has 4 nitrogen and oxygen atoms in total. The molecule has 6 heteroatoms. The molecule has 0 bridgehead atoms. The molecule has 1 aliphatic heterocycles. The van der Waals surface area contributed by atoms with E-state index in [0.29, 0.717) is 8.95 Å². The molecule has 4 aromatic rings. The number of rotatable bonds is 1. The van der Waals surface area contributed by atoms with Crippen LogP contribution in [0, 0.1) is 0 Å². The van der Waals surface area contributed by atoms with Gasteiger partial charge in [0.25, 0.3) is 0 Å². The fourth-order valence-electron chi connectivity index (χ4n) is 3.49. The van der Waals surface area contributed by atoms with Crippen LogP contribution < -0.4 is 5.32 Å². The lowest BCUT2D eigenvalue weighted by atomic mass is 10.1. The standard InChI is InChI=1S/C20H13Br2N3O/c21-13-9-11(10-14(22)18(13)26)19-23-15-6-2-1-5-12(15)20-24-16-7-3-4-8-17(16)25(19)20/h1-10,19,23,26H. The normalized spacial score (nSPS) is 15.4. The topological polar surface area (TPSA) is 50.1 Å². The Hall–Kier alpha value is -2.31. The van der Waals surface area contributed by atoms with E-state index in [9.17, 15) is 5.11 Å². The predicted octanol–water partition coefficient (Wildman–Crippen LogP) is 5.91. The first-order valence-electron chi connectivity index (χ1n) is 8.14. The van der Waals surface area contributed by atoms with Crippen molar-refractivity contribution < 1.29 is 5.11 Å². The van der Waals surface area contributed by atoms with E-state index < -0.39 is 0 Å². The fourth-order valence-corrected chi connectivity index (χ4v) is 4.71. The molecule has 128 valence electrons. The number of benzene rings is 3. The highest BCUT2D eigenvalue weighted by Crippen LogP contribution is 2.43. The van der Waals surface area contributed by atoms with Crippen molar-refractivity contribution >= 4 is 48.6 Å². The molecule has 1 atom stereocenters. The molecule has 0 fully saturated rings. The smallest absolute Gasteiger partial charge is 0.145 e. The maximum Gasteiger partial charge on any atom is 0.145 e. The molecular weight excluding hydrogens is 458 g/mol. The minimum atomic E-state index is -0.138. The molecule has 1 unspecified atom stereocenters.